The van der Waals surface area contributed by atoms with Crippen LogP contribution < -0.4 is 5.32 Å². The van der Waals surface area contributed by atoms with Crippen LogP contribution in [-0.4, -0.2) is 17.7 Å². The monoisotopic (exact) mass is 207 g/mol. The highest BCUT2D eigenvalue weighted by Crippen LogP contribution is 2.25. The average Bonchev–Trinajstić information content (AvgIpc) is 2.14. The Hall–Kier alpha value is -0.960. The molecule has 1 aromatic carbocycles. The Morgan fingerprint density at radius 1 is 1.43 bits per heavy atom. The van der Waals surface area contributed by atoms with Crippen molar-refractivity contribution in [2.45, 2.75) is 24.3 Å². The molecule has 0 spiro atoms. The van der Waals surface area contributed by atoms with Gasteiger partial charge in [-0.05, 0) is 18.6 Å². The Labute approximate surface area is 88.1 Å². The number of fused-ring (bicyclic) bond motifs is 1. The van der Waals surface area contributed by atoms with Gasteiger partial charge in [0.25, 0.3) is 0 Å². The van der Waals surface area contributed by atoms with Gasteiger partial charge in [-0.2, -0.15) is 0 Å². The number of hydrogen-bond acceptors (Lipinski definition) is 2. The lowest BCUT2D eigenvalue weighted by molar-refractivity contribution is -0.120. The highest BCUT2D eigenvalue weighted by atomic mass is 32.2. The van der Waals surface area contributed by atoms with E-state index in [4.69, 9.17) is 0 Å². The zero-order valence-corrected chi connectivity index (χ0v) is 8.93. The molecule has 1 unspecified atom stereocenters. The maximum atomic E-state index is 11.5. The van der Waals surface area contributed by atoms with Crippen molar-refractivity contribution in [3.05, 3.63) is 29.8 Å². The molecule has 3 heteroatoms. The van der Waals surface area contributed by atoms with Crippen molar-refractivity contribution in [1.29, 1.82) is 0 Å². The first kappa shape index (κ1) is 9.59. The van der Waals surface area contributed by atoms with Crippen molar-refractivity contribution in [3.63, 3.8) is 0 Å². The maximum absolute atomic E-state index is 11.5. The van der Waals surface area contributed by atoms with Gasteiger partial charge in [-0.15, -0.1) is 11.8 Å². The van der Waals surface area contributed by atoms with Crippen LogP contribution in [0.1, 0.15) is 12.5 Å². The van der Waals surface area contributed by atoms with Crippen LogP contribution in [0.25, 0.3) is 0 Å². The highest BCUT2D eigenvalue weighted by molar-refractivity contribution is 7.99. The number of carbonyl (C=O) groups is 1. The summed E-state index contributed by atoms with van der Waals surface area (Å²) in [5.74, 6) is 1.08. The molecule has 1 aliphatic rings. The van der Waals surface area contributed by atoms with Crippen molar-refractivity contribution < 1.29 is 4.79 Å². The minimum Gasteiger partial charge on any atom is -0.353 e. The fourth-order valence-electron chi connectivity index (χ4n) is 1.55. The lowest BCUT2D eigenvalue weighted by Gasteiger charge is -2.18. The number of carbonyl (C=O) groups excluding carboxylic acids is 1. The molecule has 1 aromatic rings. The molecule has 2 nitrogen and oxygen atoms in total. The fraction of sp³-hybridized carbons (Fsp3) is 0.364. The number of nitrogens with one attached hydrogen (secondary N) is 1. The van der Waals surface area contributed by atoms with Crippen LogP contribution in [0, 0.1) is 0 Å². The smallest absolute Gasteiger partial charge is 0.224 e. The Balaban J connectivity index is 2.28. The zero-order valence-electron chi connectivity index (χ0n) is 8.12. The Kier molecular flexibility index (Phi) is 2.77. The van der Waals surface area contributed by atoms with E-state index in [1.807, 2.05) is 36.9 Å². The van der Waals surface area contributed by atoms with E-state index in [1.165, 1.54) is 4.90 Å². The van der Waals surface area contributed by atoms with Gasteiger partial charge in [0, 0.05) is 16.7 Å². The van der Waals surface area contributed by atoms with Gasteiger partial charge in [0.15, 0.2) is 0 Å². The summed E-state index contributed by atoms with van der Waals surface area (Å²) in [6.45, 7) is 2.04. The molecule has 1 heterocycles. The zero-order chi connectivity index (χ0) is 9.97. The van der Waals surface area contributed by atoms with Crippen molar-refractivity contribution in [3.8, 4) is 0 Å². The summed E-state index contributed by atoms with van der Waals surface area (Å²) in [7, 11) is 0. The van der Waals surface area contributed by atoms with Crippen LogP contribution in [0.2, 0.25) is 0 Å². The number of benzene rings is 1. The summed E-state index contributed by atoms with van der Waals surface area (Å²) in [6.07, 6.45) is 0.507. The van der Waals surface area contributed by atoms with Crippen LogP contribution in [0.5, 0.6) is 0 Å². The van der Waals surface area contributed by atoms with Crippen LogP contribution in [0.3, 0.4) is 0 Å². The molecule has 0 aliphatic carbocycles. The summed E-state index contributed by atoms with van der Waals surface area (Å²) in [5.41, 5.74) is 1.14. The number of hydrogen-bond donors (Lipinski definition) is 1. The molecule has 1 amide bonds. The van der Waals surface area contributed by atoms with Crippen molar-refractivity contribution in [1.82, 2.24) is 5.32 Å². The summed E-state index contributed by atoms with van der Waals surface area (Å²) in [4.78, 5) is 12.7. The SMILES string of the molecule is CC1CSc2ccccc2CC(=O)N1. The second-order valence-corrected chi connectivity index (χ2v) is 4.63. The topological polar surface area (TPSA) is 29.1 Å². The number of rotatable bonds is 0. The van der Waals surface area contributed by atoms with E-state index in [1.54, 1.807) is 0 Å². The second-order valence-electron chi connectivity index (χ2n) is 3.56. The van der Waals surface area contributed by atoms with Crippen LogP contribution in [0.15, 0.2) is 29.2 Å². The lowest BCUT2D eigenvalue weighted by Crippen LogP contribution is -2.36. The third kappa shape index (κ3) is 2.10. The largest absolute Gasteiger partial charge is 0.353 e. The van der Waals surface area contributed by atoms with Crippen LogP contribution in [0.4, 0.5) is 0 Å². The first-order chi connectivity index (χ1) is 6.75. The van der Waals surface area contributed by atoms with Crippen molar-refractivity contribution in [2.75, 3.05) is 5.75 Å². The molecule has 0 radical (unpaired) electrons. The summed E-state index contributed by atoms with van der Waals surface area (Å²) in [5, 5.41) is 2.96. The van der Waals surface area contributed by atoms with E-state index in [-0.39, 0.29) is 11.9 Å². The second kappa shape index (κ2) is 4.05. The van der Waals surface area contributed by atoms with E-state index >= 15 is 0 Å². The van der Waals surface area contributed by atoms with Crippen LogP contribution in [-0.2, 0) is 11.2 Å². The van der Waals surface area contributed by atoms with Gasteiger partial charge < -0.3 is 5.32 Å². The normalized spacial score (nSPS) is 21.8. The molecule has 1 N–H and O–H groups in total. The number of thioether (sulfide) groups is 1. The standard InChI is InChI=1S/C11H13NOS/c1-8-7-14-10-5-3-2-4-9(10)6-11(13)12-8/h2-5,8H,6-7H2,1H3,(H,12,13). The molecule has 0 saturated carbocycles. The van der Waals surface area contributed by atoms with Gasteiger partial charge in [0.05, 0.1) is 6.42 Å². The molecule has 74 valence electrons. The fourth-order valence-corrected chi connectivity index (χ4v) is 2.56. The minimum atomic E-state index is 0.130. The molecule has 1 aliphatic heterocycles. The Morgan fingerprint density at radius 2 is 2.21 bits per heavy atom. The van der Waals surface area contributed by atoms with E-state index < -0.39 is 0 Å². The third-order valence-corrected chi connectivity index (χ3v) is 3.60. The number of amides is 1. The lowest BCUT2D eigenvalue weighted by atomic mass is 10.1. The Bertz CT molecular complexity index is 351. The van der Waals surface area contributed by atoms with Crippen molar-refractivity contribution in [2.24, 2.45) is 0 Å². The molecule has 14 heavy (non-hydrogen) atoms. The minimum absolute atomic E-state index is 0.130. The molecule has 0 saturated heterocycles. The average molecular weight is 207 g/mol. The Morgan fingerprint density at radius 3 is 3.07 bits per heavy atom. The van der Waals surface area contributed by atoms with Gasteiger partial charge in [0.1, 0.15) is 0 Å². The molecular weight excluding hydrogens is 194 g/mol. The molecular formula is C11H13NOS. The van der Waals surface area contributed by atoms with Gasteiger partial charge in [-0.25, -0.2) is 0 Å². The quantitative estimate of drug-likeness (QED) is 0.703. The molecule has 2 rings (SSSR count). The van der Waals surface area contributed by atoms with E-state index in [2.05, 4.69) is 11.4 Å². The van der Waals surface area contributed by atoms with Gasteiger partial charge in [-0.1, -0.05) is 18.2 Å². The molecule has 0 fully saturated rings. The predicted molar refractivity (Wildman–Crippen MR) is 58.5 cm³/mol. The van der Waals surface area contributed by atoms with E-state index in [0.717, 1.165) is 11.3 Å². The summed E-state index contributed by atoms with van der Waals surface area (Å²) in [6, 6.07) is 8.39. The van der Waals surface area contributed by atoms with Gasteiger partial charge in [-0.3, -0.25) is 4.79 Å². The van der Waals surface area contributed by atoms with Crippen molar-refractivity contribution >= 4 is 17.7 Å². The van der Waals surface area contributed by atoms with Gasteiger partial charge >= 0.3 is 0 Å². The molecule has 1 atom stereocenters. The summed E-state index contributed by atoms with van der Waals surface area (Å²) >= 11 is 1.82. The molecule has 0 aromatic heterocycles. The first-order valence-corrected chi connectivity index (χ1v) is 5.74. The van der Waals surface area contributed by atoms with E-state index in [0.29, 0.717) is 6.42 Å². The third-order valence-electron chi connectivity index (χ3n) is 2.22. The predicted octanol–water partition coefficient (Wildman–Crippen LogP) is 1.84. The summed E-state index contributed by atoms with van der Waals surface area (Å²) < 4.78 is 0. The maximum Gasteiger partial charge on any atom is 0.224 e. The highest BCUT2D eigenvalue weighted by Gasteiger charge is 2.15. The van der Waals surface area contributed by atoms with Gasteiger partial charge in [0.2, 0.25) is 5.91 Å². The van der Waals surface area contributed by atoms with Crippen LogP contribution >= 0.6 is 11.8 Å². The van der Waals surface area contributed by atoms with E-state index in [9.17, 15) is 4.79 Å². The first-order valence-electron chi connectivity index (χ1n) is 4.76. The molecule has 0 bridgehead atoms.